The van der Waals surface area contributed by atoms with E-state index in [4.69, 9.17) is 11.6 Å². The molecule has 0 bridgehead atoms. The number of imidazole rings is 1. The number of nitrogens with zero attached hydrogens (tertiary/aromatic N) is 6. The molecular weight excluding hydrogens is 393 g/mol. The van der Waals surface area contributed by atoms with Crippen LogP contribution in [0, 0.1) is 0 Å². The second-order valence-corrected chi connectivity index (χ2v) is 7.14. The maximum Gasteiger partial charge on any atom is 0.433 e. The van der Waals surface area contributed by atoms with Crippen molar-refractivity contribution in [3.63, 3.8) is 0 Å². The molecule has 3 aromatic heterocycles. The topological polar surface area (TPSA) is 49.6 Å². The third-order valence-electron chi connectivity index (χ3n) is 4.66. The van der Waals surface area contributed by atoms with Crippen LogP contribution in [0.2, 0.25) is 5.02 Å². The van der Waals surface area contributed by atoms with Gasteiger partial charge in [-0.15, -0.1) is 0 Å². The molecule has 1 aliphatic rings. The van der Waals surface area contributed by atoms with Crippen LogP contribution in [0.25, 0.3) is 5.65 Å². The highest BCUT2D eigenvalue weighted by Crippen LogP contribution is 2.28. The molecule has 10 heteroatoms. The van der Waals surface area contributed by atoms with E-state index in [1.54, 1.807) is 11.0 Å². The Morgan fingerprint density at radius 1 is 1.00 bits per heavy atom. The molecule has 1 saturated heterocycles. The Bertz CT molecular complexity index is 973. The molecule has 0 N–H and O–H groups in total. The maximum atomic E-state index is 12.9. The Labute approximate surface area is 164 Å². The summed E-state index contributed by atoms with van der Waals surface area (Å²) in [5.41, 5.74) is 0.834. The lowest BCUT2D eigenvalue weighted by atomic mass is 10.3. The summed E-state index contributed by atoms with van der Waals surface area (Å²) >= 11 is 6.01. The monoisotopic (exact) mass is 410 g/mol. The molecule has 0 spiro atoms. The first-order chi connectivity index (χ1) is 13.4. The normalized spacial score (nSPS) is 16.5. The number of hydrogen-bond acceptors (Lipinski definition) is 5. The molecule has 6 nitrogen and oxygen atoms in total. The second-order valence-electron chi connectivity index (χ2n) is 6.70. The summed E-state index contributed by atoms with van der Waals surface area (Å²) in [6.07, 6.45) is 1.25. The van der Waals surface area contributed by atoms with Gasteiger partial charge in [-0.2, -0.15) is 13.2 Å². The van der Waals surface area contributed by atoms with E-state index in [2.05, 4.69) is 19.9 Å². The number of aromatic nitrogens is 4. The lowest BCUT2D eigenvalue weighted by molar-refractivity contribution is -0.141. The maximum absolute atomic E-state index is 12.9. The molecule has 0 aromatic carbocycles. The molecule has 0 saturated carbocycles. The number of fused-ring (bicyclic) bond motifs is 1. The lowest BCUT2D eigenvalue weighted by Crippen LogP contribution is -2.32. The second kappa shape index (κ2) is 7.56. The van der Waals surface area contributed by atoms with Crippen molar-refractivity contribution in [3.05, 3.63) is 53.2 Å². The van der Waals surface area contributed by atoms with Gasteiger partial charge in [-0.1, -0.05) is 11.6 Å². The molecule has 1 fully saturated rings. The first kappa shape index (κ1) is 18.9. The van der Waals surface area contributed by atoms with Gasteiger partial charge in [0.25, 0.3) is 0 Å². The third-order valence-corrected chi connectivity index (χ3v) is 4.88. The van der Waals surface area contributed by atoms with Gasteiger partial charge in [-0.3, -0.25) is 4.90 Å². The largest absolute Gasteiger partial charge is 0.433 e. The van der Waals surface area contributed by atoms with Crippen molar-refractivity contribution in [3.8, 4) is 0 Å². The zero-order valence-electron chi connectivity index (χ0n) is 14.9. The van der Waals surface area contributed by atoms with Crippen molar-refractivity contribution in [2.75, 3.05) is 31.1 Å². The predicted molar refractivity (Wildman–Crippen MR) is 99.3 cm³/mol. The van der Waals surface area contributed by atoms with Crippen LogP contribution in [-0.2, 0) is 12.7 Å². The summed E-state index contributed by atoms with van der Waals surface area (Å²) in [7, 11) is 0. The average Bonchev–Trinajstić information content (AvgIpc) is 2.89. The molecule has 4 rings (SSSR count). The minimum absolute atomic E-state index is 0.124. The van der Waals surface area contributed by atoms with E-state index in [1.165, 1.54) is 0 Å². The zero-order chi connectivity index (χ0) is 19.7. The smallest absolute Gasteiger partial charge is 0.339 e. The van der Waals surface area contributed by atoms with Crippen LogP contribution in [0.15, 0.2) is 36.8 Å². The molecule has 0 unspecified atom stereocenters. The highest BCUT2D eigenvalue weighted by atomic mass is 35.5. The van der Waals surface area contributed by atoms with Crippen molar-refractivity contribution >= 4 is 23.2 Å². The van der Waals surface area contributed by atoms with Crippen LogP contribution < -0.4 is 4.90 Å². The van der Waals surface area contributed by atoms with E-state index < -0.39 is 11.9 Å². The van der Waals surface area contributed by atoms with Crippen molar-refractivity contribution in [1.29, 1.82) is 0 Å². The predicted octanol–water partition coefficient (Wildman–Crippen LogP) is 3.51. The van der Waals surface area contributed by atoms with E-state index in [-0.39, 0.29) is 5.95 Å². The first-order valence-electron chi connectivity index (χ1n) is 8.89. The van der Waals surface area contributed by atoms with E-state index in [0.717, 1.165) is 36.6 Å². The average molecular weight is 411 g/mol. The van der Waals surface area contributed by atoms with Gasteiger partial charge in [0.15, 0.2) is 0 Å². The summed E-state index contributed by atoms with van der Waals surface area (Å²) in [5.74, 6) is 0.124. The van der Waals surface area contributed by atoms with E-state index >= 15 is 0 Å². The Kier molecular flexibility index (Phi) is 5.11. The van der Waals surface area contributed by atoms with Gasteiger partial charge < -0.3 is 9.30 Å². The summed E-state index contributed by atoms with van der Waals surface area (Å²) in [6.45, 7) is 3.34. The van der Waals surface area contributed by atoms with Gasteiger partial charge in [-0.25, -0.2) is 15.0 Å². The number of hydrogen-bond donors (Lipinski definition) is 0. The standard InChI is InChI=1S/C18H18ClF3N6/c19-13-2-3-16-24-14(12-28(16)10-13)11-26-6-1-7-27(9-8-26)17-23-5-4-15(25-17)18(20,21)22/h2-5,10,12H,1,6-9,11H2. The van der Waals surface area contributed by atoms with Crippen molar-refractivity contribution in [2.45, 2.75) is 19.1 Å². The summed E-state index contributed by atoms with van der Waals surface area (Å²) in [5, 5.41) is 0.642. The summed E-state index contributed by atoms with van der Waals surface area (Å²) in [4.78, 5) is 16.4. The Balaban J connectivity index is 1.43. The van der Waals surface area contributed by atoms with Crippen molar-refractivity contribution < 1.29 is 13.2 Å². The molecule has 28 heavy (non-hydrogen) atoms. The molecule has 0 amide bonds. The fourth-order valence-electron chi connectivity index (χ4n) is 3.31. The lowest BCUT2D eigenvalue weighted by Gasteiger charge is -2.22. The Morgan fingerprint density at radius 3 is 2.68 bits per heavy atom. The van der Waals surface area contributed by atoms with Gasteiger partial charge in [0, 0.05) is 51.3 Å². The number of alkyl halides is 3. The minimum Gasteiger partial charge on any atom is -0.339 e. The summed E-state index contributed by atoms with van der Waals surface area (Å²) in [6, 6.07) is 4.55. The quantitative estimate of drug-likeness (QED) is 0.661. The van der Waals surface area contributed by atoms with Crippen LogP contribution in [0.5, 0.6) is 0 Å². The fraction of sp³-hybridized carbons (Fsp3) is 0.389. The van der Waals surface area contributed by atoms with Crippen LogP contribution in [0.3, 0.4) is 0 Å². The molecule has 4 heterocycles. The molecule has 0 atom stereocenters. The molecule has 0 aliphatic carbocycles. The van der Waals surface area contributed by atoms with Crippen molar-refractivity contribution in [1.82, 2.24) is 24.3 Å². The van der Waals surface area contributed by atoms with Crippen LogP contribution >= 0.6 is 11.6 Å². The molecule has 3 aromatic rings. The highest BCUT2D eigenvalue weighted by Gasteiger charge is 2.33. The van der Waals surface area contributed by atoms with E-state index in [9.17, 15) is 13.2 Å². The van der Waals surface area contributed by atoms with E-state index in [1.807, 2.05) is 22.9 Å². The first-order valence-corrected chi connectivity index (χ1v) is 9.27. The Hall–Kier alpha value is -2.39. The number of rotatable bonds is 3. The fourth-order valence-corrected chi connectivity index (χ4v) is 3.48. The number of halogens is 4. The minimum atomic E-state index is -4.47. The molecule has 148 valence electrons. The molecular formula is C18H18ClF3N6. The summed E-state index contributed by atoms with van der Waals surface area (Å²) < 4.78 is 40.6. The van der Waals surface area contributed by atoms with Gasteiger partial charge in [0.1, 0.15) is 11.3 Å². The van der Waals surface area contributed by atoms with Crippen LogP contribution in [0.1, 0.15) is 17.8 Å². The highest BCUT2D eigenvalue weighted by molar-refractivity contribution is 6.30. The van der Waals surface area contributed by atoms with Crippen LogP contribution in [-0.4, -0.2) is 50.4 Å². The van der Waals surface area contributed by atoms with Gasteiger partial charge in [0.2, 0.25) is 5.95 Å². The Morgan fingerprint density at radius 2 is 1.86 bits per heavy atom. The van der Waals surface area contributed by atoms with Gasteiger partial charge in [0.05, 0.1) is 10.7 Å². The van der Waals surface area contributed by atoms with Crippen molar-refractivity contribution in [2.24, 2.45) is 0 Å². The number of anilines is 1. The van der Waals surface area contributed by atoms with Gasteiger partial charge in [-0.05, 0) is 24.6 Å². The van der Waals surface area contributed by atoms with Crippen LogP contribution in [0.4, 0.5) is 19.1 Å². The SMILES string of the molecule is FC(F)(F)c1ccnc(N2CCCN(Cc3cn4cc(Cl)ccc4n3)CC2)n1. The number of pyridine rings is 1. The zero-order valence-corrected chi connectivity index (χ0v) is 15.7. The van der Waals surface area contributed by atoms with E-state index in [0.29, 0.717) is 31.2 Å². The third kappa shape index (κ3) is 4.20. The molecule has 1 aliphatic heterocycles. The molecule has 0 radical (unpaired) electrons. The van der Waals surface area contributed by atoms with Gasteiger partial charge >= 0.3 is 6.18 Å².